The molecule has 1 N–H and O–H groups in total. The summed E-state index contributed by atoms with van der Waals surface area (Å²) < 4.78 is 22.9. The zero-order valence-corrected chi connectivity index (χ0v) is 14.3. The number of hydrogen-bond donors (Lipinski definition) is 1. The SMILES string of the molecule is C[C@@H](C(=O)N[C@@H]1CCCN(c2ccccc2Cl)C1)S(C)(=O)=O. The number of nitrogens with zero attached hydrogens (tertiary/aromatic N) is 1. The number of amides is 1. The number of rotatable bonds is 4. The van der Waals surface area contributed by atoms with Gasteiger partial charge in [0.15, 0.2) is 9.84 Å². The van der Waals surface area contributed by atoms with E-state index in [1.807, 2.05) is 24.3 Å². The van der Waals surface area contributed by atoms with Crippen LogP contribution in [0.5, 0.6) is 0 Å². The predicted octanol–water partition coefficient (Wildman–Crippen LogP) is 1.86. The smallest absolute Gasteiger partial charge is 0.238 e. The highest BCUT2D eigenvalue weighted by Crippen LogP contribution is 2.27. The molecule has 1 fully saturated rings. The Kier molecular flexibility index (Phi) is 5.34. The van der Waals surface area contributed by atoms with Gasteiger partial charge in [-0.1, -0.05) is 23.7 Å². The van der Waals surface area contributed by atoms with Crippen LogP contribution < -0.4 is 10.2 Å². The van der Waals surface area contributed by atoms with E-state index in [1.54, 1.807) is 0 Å². The van der Waals surface area contributed by atoms with Gasteiger partial charge in [0.25, 0.3) is 0 Å². The van der Waals surface area contributed by atoms with Crippen molar-refractivity contribution in [2.45, 2.75) is 31.1 Å². The molecule has 0 spiro atoms. The first kappa shape index (κ1) is 17.1. The number of benzene rings is 1. The second-order valence-electron chi connectivity index (χ2n) is 5.72. The lowest BCUT2D eigenvalue weighted by Gasteiger charge is -2.35. The van der Waals surface area contributed by atoms with E-state index >= 15 is 0 Å². The number of sulfone groups is 1. The third-order valence-corrected chi connectivity index (χ3v) is 5.79. The van der Waals surface area contributed by atoms with Gasteiger partial charge in [-0.05, 0) is 31.9 Å². The van der Waals surface area contributed by atoms with Crippen LogP contribution in [0.4, 0.5) is 5.69 Å². The molecule has 122 valence electrons. The quantitative estimate of drug-likeness (QED) is 0.905. The molecule has 0 saturated carbocycles. The summed E-state index contributed by atoms with van der Waals surface area (Å²) in [5.74, 6) is -0.437. The lowest BCUT2D eigenvalue weighted by molar-refractivity contribution is -0.121. The Morgan fingerprint density at radius 3 is 2.73 bits per heavy atom. The van der Waals surface area contributed by atoms with E-state index in [0.29, 0.717) is 11.6 Å². The van der Waals surface area contributed by atoms with Crippen molar-refractivity contribution in [2.24, 2.45) is 0 Å². The first-order chi connectivity index (χ1) is 10.3. The van der Waals surface area contributed by atoms with Crippen LogP contribution in [0.25, 0.3) is 0 Å². The Bertz CT molecular complexity index is 648. The molecule has 1 saturated heterocycles. The highest BCUT2D eigenvalue weighted by atomic mass is 35.5. The Morgan fingerprint density at radius 2 is 2.09 bits per heavy atom. The number of hydrogen-bond acceptors (Lipinski definition) is 4. The van der Waals surface area contributed by atoms with Gasteiger partial charge >= 0.3 is 0 Å². The summed E-state index contributed by atoms with van der Waals surface area (Å²) in [6.45, 7) is 2.92. The summed E-state index contributed by atoms with van der Waals surface area (Å²) >= 11 is 6.21. The van der Waals surface area contributed by atoms with Crippen molar-refractivity contribution in [1.29, 1.82) is 0 Å². The second kappa shape index (κ2) is 6.87. The molecule has 0 radical (unpaired) electrons. The lowest BCUT2D eigenvalue weighted by Crippen LogP contribution is -2.51. The molecule has 0 aliphatic carbocycles. The zero-order chi connectivity index (χ0) is 16.3. The van der Waals surface area contributed by atoms with Gasteiger partial charge < -0.3 is 10.2 Å². The van der Waals surface area contributed by atoms with E-state index in [4.69, 9.17) is 11.6 Å². The molecular formula is C15H21ClN2O3S. The van der Waals surface area contributed by atoms with Gasteiger partial charge in [0.1, 0.15) is 5.25 Å². The van der Waals surface area contributed by atoms with E-state index in [9.17, 15) is 13.2 Å². The largest absolute Gasteiger partial charge is 0.368 e. The van der Waals surface area contributed by atoms with Gasteiger partial charge in [-0.2, -0.15) is 0 Å². The molecule has 7 heteroatoms. The van der Waals surface area contributed by atoms with Crippen molar-refractivity contribution < 1.29 is 13.2 Å². The topological polar surface area (TPSA) is 66.5 Å². The van der Waals surface area contributed by atoms with Gasteiger partial charge in [-0.15, -0.1) is 0 Å². The van der Waals surface area contributed by atoms with E-state index in [1.165, 1.54) is 6.92 Å². The molecule has 0 unspecified atom stereocenters. The van der Waals surface area contributed by atoms with Crippen molar-refractivity contribution in [3.05, 3.63) is 29.3 Å². The summed E-state index contributed by atoms with van der Waals surface area (Å²) in [6.07, 6.45) is 2.83. The standard InChI is InChI=1S/C15H21ClN2O3S/c1-11(22(2,20)21)15(19)17-12-6-5-9-18(10-12)14-8-4-3-7-13(14)16/h3-4,7-8,11-12H,5-6,9-10H2,1-2H3,(H,17,19)/t11-,12+/m0/s1. The van der Waals surface area contributed by atoms with Crippen LogP contribution >= 0.6 is 11.6 Å². The molecule has 5 nitrogen and oxygen atoms in total. The molecule has 1 aromatic carbocycles. The van der Waals surface area contributed by atoms with Crippen molar-refractivity contribution in [1.82, 2.24) is 5.32 Å². The fraction of sp³-hybridized carbons (Fsp3) is 0.533. The molecule has 2 rings (SSSR count). The number of carbonyl (C=O) groups excluding carboxylic acids is 1. The molecule has 22 heavy (non-hydrogen) atoms. The van der Waals surface area contributed by atoms with Crippen molar-refractivity contribution >= 4 is 33.0 Å². The Labute approximate surface area is 136 Å². The van der Waals surface area contributed by atoms with Gasteiger partial charge in [-0.25, -0.2) is 8.42 Å². The maximum atomic E-state index is 12.0. The average molecular weight is 345 g/mol. The van der Waals surface area contributed by atoms with Gasteiger partial charge in [0, 0.05) is 25.4 Å². The number of anilines is 1. The minimum Gasteiger partial charge on any atom is -0.368 e. The molecule has 1 aliphatic heterocycles. The zero-order valence-electron chi connectivity index (χ0n) is 12.8. The number of carbonyl (C=O) groups is 1. The predicted molar refractivity (Wildman–Crippen MR) is 89.1 cm³/mol. The number of nitrogens with one attached hydrogen (secondary N) is 1. The summed E-state index contributed by atoms with van der Waals surface area (Å²) in [5.41, 5.74) is 0.944. The Hall–Kier alpha value is -1.27. The highest BCUT2D eigenvalue weighted by molar-refractivity contribution is 7.92. The monoisotopic (exact) mass is 344 g/mol. The molecule has 1 heterocycles. The molecular weight excluding hydrogens is 324 g/mol. The molecule has 1 aliphatic rings. The van der Waals surface area contributed by atoms with Crippen molar-refractivity contribution in [3.63, 3.8) is 0 Å². The van der Waals surface area contributed by atoms with Crippen molar-refractivity contribution in [3.8, 4) is 0 Å². The van der Waals surface area contributed by atoms with Gasteiger partial charge in [0.05, 0.1) is 10.7 Å². The Morgan fingerprint density at radius 1 is 1.41 bits per heavy atom. The number of para-hydroxylation sites is 1. The van der Waals surface area contributed by atoms with Crippen LogP contribution in [0.2, 0.25) is 5.02 Å². The van der Waals surface area contributed by atoms with Crippen LogP contribution in [-0.4, -0.2) is 45.0 Å². The number of piperidine rings is 1. The van der Waals surface area contributed by atoms with Crippen LogP contribution in [0, 0.1) is 0 Å². The Balaban J connectivity index is 2.03. The first-order valence-corrected chi connectivity index (χ1v) is 9.61. The molecule has 2 atom stereocenters. The second-order valence-corrected chi connectivity index (χ2v) is 8.49. The third-order valence-electron chi connectivity index (χ3n) is 3.97. The minimum absolute atomic E-state index is 0.0678. The van der Waals surface area contributed by atoms with Crippen molar-refractivity contribution in [2.75, 3.05) is 24.2 Å². The van der Waals surface area contributed by atoms with Gasteiger partial charge in [-0.3, -0.25) is 4.79 Å². The molecule has 0 bridgehead atoms. The minimum atomic E-state index is -3.37. The fourth-order valence-electron chi connectivity index (χ4n) is 2.53. The first-order valence-electron chi connectivity index (χ1n) is 7.27. The summed E-state index contributed by atoms with van der Waals surface area (Å²) in [7, 11) is -3.37. The maximum absolute atomic E-state index is 12.0. The van der Waals surface area contributed by atoms with E-state index in [2.05, 4.69) is 10.2 Å². The molecule has 0 aromatic heterocycles. The van der Waals surface area contributed by atoms with Crippen LogP contribution in [-0.2, 0) is 14.6 Å². The summed E-state index contributed by atoms with van der Waals surface area (Å²) in [6, 6.07) is 7.52. The molecule has 1 aromatic rings. The fourth-order valence-corrected chi connectivity index (χ4v) is 3.25. The normalized spacial score (nSPS) is 20.5. The van der Waals surface area contributed by atoms with E-state index in [-0.39, 0.29) is 6.04 Å². The maximum Gasteiger partial charge on any atom is 0.238 e. The third kappa shape index (κ3) is 4.14. The van der Waals surface area contributed by atoms with Crippen LogP contribution in [0.1, 0.15) is 19.8 Å². The summed E-state index contributed by atoms with van der Waals surface area (Å²) in [4.78, 5) is 14.2. The van der Waals surface area contributed by atoms with Gasteiger partial charge in [0.2, 0.25) is 5.91 Å². The van der Waals surface area contributed by atoms with E-state index < -0.39 is 21.0 Å². The van der Waals surface area contributed by atoms with E-state index in [0.717, 1.165) is 31.3 Å². The highest BCUT2D eigenvalue weighted by Gasteiger charge is 2.28. The average Bonchev–Trinajstić information content (AvgIpc) is 2.46. The summed E-state index contributed by atoms with van der Waals surface area (Å²) in [5, 5.41) is 2.50. The van der Waals surface area contributed by atoms with Crippen LogP contribution in [0.15, 0.2) is 24.3 Å². The number of halogens is 1. The van der Waals surface area contributed by atoms with Crippen LogP contribution in [0.3, 0.4) is 0 Å². The lowest BCUT2D eigenvalue weighted by atomic mass is 10.0. The molecule has 1 amide bonds.